The van der Waals surface area contributed by atoms with Gasteiger partial charge in [-0.05, 0) is 79.9 Å². The minimum absolute atomic E-state index is 0.0572. The third-order valence-corrected chi connectivity index (χ3v) is 6.01. The summed E-state index contributed by atoms with van der Waals surface area (Å²) in [5.41, 5.74) is 2.59. The second-order valence-corrected chi connectivity index (χ2v) is 8.57. The molecule has 2 aromatic rings. The summed E-state index contributed by atoms with van der Waals surface area (Å²) in [6, 6.07) is 10.2. The number of amides is 1. The Bertz CT molecular complexity index is 845. The van der Waals surface area contributed by atoms with Gasteiger partial charge in [0.15, 0.2) is 0 Å². The van der Waals surface area contributed by atoms with E-state index in [2.05, 4.69) is 5.32 Å². The summed E-state index contributed by atoms with van der Waals surface area (Å²) in [7, 11) is 1.80. The smallest absolute Gasteiger partial charge is 0.223 e. The molecular weight excluding hydrogens is 398 g/mol. The van der Waals surface area contributed by atoms with Gasteiger partial charge in [-0.15, -0.1) is 0 Å². The summed E-state index contributed by atoms with van der Waals surface area (Å²) in [4.78, 5) is 14.8. The molecule has 1 heterocycles. The summed E-state index contributed by atoms with van der Waals surface area (Å²) in [6.07, 6.45) is 2.09. The van der Waals surface area contributed by atoms with Gasteiger partial charge in [0.25, 0.3) is 0 Å². The molecule has 0 unspecified atom stereocenters. The minimum Gasteiger partial charge on any atom is -0.341 e. The van der Waals surface area contributed by atoms with Crippen molar-refractivity contribution in [1.29, 1.82) is 0 Å². The number of benzene rings is 2. The van der Waals surface area contributed by atoms with Crippen LogP contribution in [0.15, 0.2) is 36.4 Å². The predicted octanol–water partition coefficient (Wildman–Crippen LogP) is 5.11. The Balaban J connectivity index is 1.81. The second-order valence-electron chi connectivity index (χ2n) is 7.69. The van der Waals surface area contributed by atoms with Crippen LogP contribution in [0.5, 0.6) is 0 Å². The van der Waals surface area contributed by atoms with E-state index in [4.69, 9.17) is 23.2 Å². The Hall–Kier alpha value is -1.62. The highest BCUT2D eigenvalue weighted by molar-refractivity contribution is 6.34. The molecule has 0 radical (unpaired) electrons. The number of carbonyl (C=O) groups is 1. The first-order valence-electron chi connectivity index (χ1n) is 9.45. The third kappa shape index (κ3) is 4.86. The average molecular weight is 423 g/mol. The lowest BCUT2D eigenvalue weighted by Crippen LogP contribution is -2.44. The van der Waals surface area contributed by atoms with Crippen molar-refractivity contribution in [2.24, 2.45) is 0 Å². The highest BCUT2D eigenvalue weighted by atomic mass is 35.5. The van der Waals surface area contributed by atoms with E-state index in [0.717, 1.165) is 42.6 Å². The molecule has 0 aliphatic carbocycles. The van der Waals surface area contributed by atoms with Crippen LogP contribution in [0, 0.1) is 12.7 Å². The summed E-state index contributed by atoms with van der Waals surface area (Å²) < 4.78 is 13.6. The molecule has 1 N–H and O–H groups in total. The Labute approximate surface area is 175 Å². The molecule has 28 heavy (non-hydrogen) atoms. The van der Waals surface area contributed by atoms with Crippen LogP contribution in [-0.2, 0) is 16.8 Å². The Morgan fingerprint density at radius 3 is 2.39 bits per heavy atom. The molecule has 1 aliphatic rings. The zero-order valence-electron chi connectivity index (χ0n) is 16.2. The Morgan fingerprint density at radius 2 is 1.79 bits per heavy atom. The standard InChI is InChI=1S/C22H25Cl2FN2O/c1-15-9-19(25)3-4-20(15)22(5-7-26-8-6-22)13-21(28)27(2)14-16-10-17(23)12-18(24)11-16/h3-4,9-12,26H,5-8,13-14H2,1-2H3. The van der Waals surface area contributed by atoms with Crippen molar-refractivity contribution in [3.05, 3.63) is 69.0 Å². The SMILES string of the molecule is Cc1cc(F)ccc1C1(CC(=O)N(C)Cc2cc(Cl)cc(Cl)c2)CCNCC1. The van der Waals surface area contributed by atoms with Crippen LogP contribution >= 0.6 is 23.2 Å². The number of piperidine rings is 1. The van der Waals surface area contributed by atoms with Crippen LogP contribution in [0.2, 0.25) is 10.0 Å². The molecule has 0 aromatic heterocycles. The maximum Gasteiger partial charge on any atom is 0.223 e. The monoisotopic (exact) mass is 422 g/mol. The zero-order chi connectivity index (χ0) is 20.3. The summed E-state index contributed by atoms with van der Waals surface area (Å²) in [5, 5.41) is 4.48. The summed E-state index contributed by atoms with van der Waals surface area (Å²) in [6.45, 7) is 4.05. The number of rotatable bonds is 5. The molecule has 1 aliphatic heterocycles. The highest BCUT2D eigenvalue weighted by Crippen LogP contribution is 2.39. The summed E-state index contributed by atoms with van der Waals surface area (Å²) in [5.74, 6) is -0.187. The fourth-order valence-corrected chi connectivity index (χ4v) is 4.73. The van der Waals surface area contributed by atoms with Gasteiger partial charge in [-0.2, -0.15) is 0 Å². The van der Waals surface area contributed by atoms with Gasteiger partial charge in [-0.3, -0.25) is 4.79 Å². The van der Waals surface area contributed by atoms with Gasteiger partial charge >= 0.3 is 0 Å². The third-order valence-electron chi connectivity index (χ3n) is 5.58. The van der Waals surface area contributed by atoms with Gasteiger partial charge in [0.2, 0.25) is 5.91 Å². The number of aryl methyl sites for hydroxylation is 1. The topological polar surface area (TPSA) is 32.3 Å². The van der Waals surface area contributed by atoms with Crippen molar-refractivity contribution in [1.82, 2.24) is 10.2 Å². The maximum atomic E-state index is 13.6. The van der Waals surface area contributed by atoms with Gasteiger partial charge in [0.1, 0.15) is 5.82 Å². The van der Waals surface area contributed by atoms with Crippen molar-refractivity contribution in [2.75, 3.05) is 20.1 Å². The second kappa shape index (κ2) is 8.81. The number of nitrogens with zero attached hydrogens (tertiary/aromatic N) is 1. The van der Waals surface area contributed by atoms with Gasteiger partial charge < -0.3 is 10.2 Å². The first kappa shape index (κ1) is 21.1. The number of carbonyl (C=O) groups excluding carboxylic acids is 1. The van der Waals surface area contributed by atoms with Crippen LogP contribution in [0.1, 0.15) is 36.0 Å². The number of halogens is 3. The van der Waals surface area contributed by atoms with Crippen molar-refractivity contribution in [3.63, 3.8) is 0 Å². The quantitative estimate of drug-likeness (QED) is 0.725. The number of hydrogen-bond acceptors (Lipinski definition) is 2. The largest absolute Gasteiger partial charge is 0.341 e. The fraction of sp³-hybridized carbons (Fsp3) is 0.409. The predicted molar refractivity (Wildman–Crippen MR) is 112 cm³/mol. The number of nitrogens with one attached hydrogen (secondary N) is 1. The zero-order valence-corrected chi connectivity index (χ0v) is 17.7. The summed E-state index contributed by atoms with van der Waals surface area (Å²) >= 11 is 12.2. The molecule has 1 fully saturated rings. The lowest BCUT2D eigenvalue weighted by atomic mass is 9.69. The van der Waals surface area contributed by atoms with Crippen LogP contribution in [0.3, 0.4) is 0 Å². The van der Waals surface area contributed by atoms with Gasteiger partial charge in [0, 0.05) is 35.5 Å². The van der Waals surface area contributed by atoms with Crippen molar-refractivity contribution >= 4 is 29.1 Å². The molecule has 0 saturated carbocycles. The minimum atomic E-state index is -0.277. The Kier molecular flexibility index (Phi) is 6.64. The van der Waals surface area contributed by atoms with Crippen molar-refractivity contribution in [3.8, 4) is 0 Å². The molecule has 1 saturated heterocycles. The number of hydrogen-bond donors (Lipinski definition) is 1. The van der Waals surface area contributed by atoms with Gasteiger partial charge in [0.05, 0.1) is 0 Å². The normalized spacial score (nSPS) is 16.0. The van der Waals surface area contributed by atoms with Gasteiger partial charge in [-0.25, -0.2) is 4.39 Å². The maximum absolute atomic E-state index is 13.6. The first-order valence-corrected chi connectivity index (χ1v) is 10.2. The molecule has 0 spiro atoms. The van der Waals surface area contributed by atoms with E-state index < -0.39 is 0 Å². The molecule has 0 atom stereocenters. The fourth-order valence-electron chi connectivity index (χ4n) is 4.16. The van der Waals surface area contributed by atoms with Crippen molar-refractivity contribution < 1.29 is 9.18 Å². The van der Waals surface area contributed by atoms with E-state index in [1.165, 1.54) is 6.07 Å². The molecule has 150 valence electrons. The molecule has 0 bridgehead atoms. The van der Waals surface area contributed by atoms with E-state index in [0.29, 0.717) is 23.0 Å². The molecule has 3 rings (SSSR count). The van der Waals surface area contributed by atoms with Gasteiger partial charge in [-0.1, -0.05) is 29.3 Å². The van der Waals surface area contributed by atoms with E-state index in [-0.39, 0.29) is 17.1 Å². The van der Waals surface area contributed by atoms with E-state index in [9.17, 15) is 9.18 Å². The van der Waals surface area contributed by atoms with E-state index in [1.54, 1.807) is 24.1 Å². The van der Waals surface area contributed by atoms with Crippen molar-refractivity contribution in [2.45, 2.75) is 38.1 Å². The molecule has 6 heteroatoms. The molecule has 2 aromatic carbocycles. The molecule has 1 amide bonds. The lowest BCUT2D eigenvalue weighted by molar-refractivity contribution is -0.132. The van der Waals surface area contributed by atoms with E-state index in [1.807, 2.05) is 25.1 Å². The lowest BCUT2D eigenvalue weighted by Gasteiger charge is -2.39. The van der Waals surface area contributed by atoms with Crippen LogP contribution in [0.4, 0.5) is 4.39 Å². The average Bonchev–Trinajstić information content (AvgIpc) is 2.61. The first-order chi connectivity index (χ1) is 13.3. The Morgan fingerprint density at radius 1 is 1.14 bits per heavy atom. The van der Waals surface area contributed by atoms with Crippen LogP contribution in [0.25, 0.3) is 0 Å². The van der Waals surface area contributed by atoms with Crippen LogP contribution in [-0.4, -0.2) is 30.9 Å². The van der Waals surface area contributed by atoms with Crippen LogP contribution < -0.4 is 5.32 Å². The highest BCUT2D eigenvalue weighted by Gasteiger charge is 2.37. The van der Waals surface area contributed by atoms with E-state index >= 15 is 0 Å². The molecular formula is C22H25Cl2FN2O. The molecule has 3 nitrogen and oxygen atoms in total.